The summed E-state index contributed by atoms with van der Waals surface area (Å²) in [6, 6.07) is 10.6. The van der Waals surface area contributed by atoms with Gasteiger partial charge in [0.15, 0.2) is 0 Å². The summed E-state index contributed by atoms with van der Waals surface area (Å²) in [5.41, 5.74) is 6.19. The normalized spacial score (nSPS) is 14.5. The van der Waals surface area contributed by atoms with Crippen LogP contribution in [-0.2, 0) is 19.5 Å². The van der Waals surface area contributed by atoms with Crippen LogP contribution in [0.2, 0.25) is 0 Å². The van der Waals surface area contributed by atoms with Crippen molar-refractivity contribution in [3.05, 3.63) is 68.1 Å². The van der Waals surface area contributed by atoms with Crippen LogP contribution in [-0.4, -0.2) is 21.4 Å². The van der Waals surface area contributed by atoms with Crippen LogP contribution in [0.25, 0.3) is 11.4 Å². The summed E-state index contributed by atoms with van der Waals surface area (Å²) in [6.07, 6.45) is 0.991. The van der Waals surface area contributed by atoms with Gasteiger partial charge in [-0.25, -0.2) is 4.98 Å². The molecule has 2 aromatic heterocycles. The van der Waals surface area contributed by atoms with Gasteiger partial charge in [-0.05, 0) is 23.4 Å². The first-order valence-electron chi connectivity index (χ1n) is 8.12. The minimum atomic E-state index is 0.738. The third-order valence-corrected chi connectivity index (χ3v) is 5.72. The second-order valence-corrected chi connectivity index (χ2v) is 7.39. The lowest BCUT2D eigenvalue weighted by Gasteiger charge is -2.28. The molecule has 0 bridgehead atoms. The van der Waals surface area contributed by atoms with E-state index < -0.39 is 0 Å². The predicted octanol–water partition coefficient (Wildman–Crippen LogP) is 4.73. The highest BCUT2D eigenvalue weighted by Crippen LogP contribution is 2.27. The Hall–Kier alpha value is -1.82. The van der Waals surface area contributed by atoms with Crippen LogP contribution in [0.3, 0.4) is 0 Å². The Kier molecular flexibility index (Phi) is 4.31. The molecule has 0 spiro atoms. The zero-order valence-corrected chi connectivity index (χ0v) is 15.2. The molecule has 5 heteroatoms. The average Bonchev–Trinajstić information content (AvgIpc) is 3.02. The van der Waals surface area contributed by atoms with Crippen LogP contribution in [0, 0.1) is 11.6 Å². The zero-order valence-electron chi connectivity index (χ0n) is 13.6. The van der Waals surface area contributed by atoms with Gasteiger partial charge < -0.3 is 4.98 Å². The molecule has 0 atom stereocenters. The fourth-order valence-corrected chi connectivity index (χ4v) is 4.31. The van der Waals surface area contributed by atoms with Gasteiger partial charge in [-0.3, -0.25) is 4.90 Å². The number of fused-ring (bicyclic) bond motifs is 1. The van der Waals surface area contributed by atoms with Gasteiger partial charge in [-0.2, -0.15) is 11.3 Å². The van der Waals surface area contributed by atoms with Crippen molar-refractivity contribution in [3.8, 4) is 11.4 Å². The summed E-state index contributed by atoms with van der Waals surface area (Å²) < 4.78 is 0.738. The number of nitrogens with one attached hydrogen (secondary N) is 1. The van der Waals surface area contributed by atoms with Crippen molar-refractivity contribution in [1.82, 2.24) is 14.9 Å². The molecule has 0 unspecified atom stereocenters. The number of benzene rings is 1. The van der Waals surface area contributed by atoms with Crippen molar-refractivity contribution in [2.45, 2.75) is 26.4 Å². The molecule has 0 saturated heterocycles. The molecule has 0 amide bonds. The fraction of sp³-hybridized carbons (Fsp3) is 0.263. The minimum Gasteiger partial charge on any atom is -0.343 e. The second kappa shape index (κ2) is 6.59. The number of aromatic amines is 1. The smallest absolute Gasteiger partial charge is 0.140 e. The van der Waals surface area contributed by atoms with E-state index in [9.17, 15) is 0 Å². The maximum absolute atomic E-state index is 5.61. The summed E-state index contributed by atoms with van der Waals surface area (Å²) in [5, 5.41) is 4.29. The first-order valence-corrected chi connectivity index (χ1v) is 9.47. The maximum Gasteiger partial charge on any atom is 0.140 e. The number of hydrogen-bond acceptors (Lipinski definition) is 4. The van der Waals surface area contributed by atoms with E-state index in [4.69, 9.17) is 12.2 Å². The Bertz CT molecular complexity index is 912. The Labute approximate surface area is 151 Å². The van der Waals surface area contributed by atoms with Crippen LogP contribution < -0.4 is 0 Å². The van der Waals surface area contributed by atoms with Gasteiger partial charge in [-0.1, -0.05) is 42.5 Å². The van der Waals surface area contributed by atoms with Gasteiger partial charge in [0, 0.05) is 48.3 Å². The highest BCUT2D eigenvalue weighted by atomic mass is 32.1. The van der Waals surface area contributed by atoms with Crippen molar-refractivity contribution < 1.29 is 0 Å². The molecule has 3 heterocycles. The molecule has 122 valence electrons. The number of hydrogen-bond donors (Lipinski definition) is 1. The predicted molar refractivity (Wildman–Crippen MR) is 102 cm³/mol. The Morgan fingerprint density at radius 1 is 1.25 bits per heavy atom. The SMILES string of the molecule is Cc1cscc1-c1nc(=S)c2c([nH]1)CCN(Cc1ccccc1)C2. The van der Waals surface area contributed by atoms with Gasteiger partial charge >= 0.3 is 0 Å². The van der Waals surface area contributed by atoms with Crippen LogP contribution in [0.4, 0.5) is 0 Å². The highest BCUT2D eigenvalue weighted by Gasteiger charge is 2.20. The molecule has 24 heavy (non-hydrogen) atoms. The molecule has 1 aliphatic heterocycles. The molecule has 3 nitrogen and oxygen atoms in total. The average molecular weight is 354 g/mol. The largest absolute Gasteiger partial charge is 0.343 e. The monoisotopic (exact) mass is 353 g/mol. The van der Waals surface area contributed by atoms with Crippen LogP contribution in [0.5, 0.6) is 0 Å². The van der Waals surface area contributed by atoms with Crippen molar-refractivity contribution in [3.63, 3.8) is 0 Å². The van der Waals surface area contributed by atoms with E-state index in [-0.39, 0.29) is 0 Å². The highest BCUT2D eigenvalue weighted by molar-refractivity contribution is 7.71. The number of nitrogens with zero attached hydrogens (tertiary/aromatic N) is 2. The van der Waals surface area contributed by atoms with E-state index in [1.165, 1.54) is 27.9 Å². The molecule has 3 aromatic rings. The third-order valence-electron chi connectivity index (χ3n) is 4.52. The number of thiophene rings is 1. The maximum atomic E-state index is 5.61. The minimum absolute atomic E-state index is 0.738. The molecule has 1 aliphatic rings. The molecule has 0 radical (unpaired) electrons. The van der Waals surface area contributed by atoms with Gasteiger partial charge in [0.1, 0.15) is 10.5 Å². The second-order valence-electron chi connectivity index (χ2n) is 6.26. The standard InChI is InChI=1S/C19H19N3S2/c1-13-11-24-12-16(13)18-20-17-7-8-22(10-15(17)19(23)21-18)9-14-5-3-2-4-6-14/h2-6,11-12H,7-10H2,1H3,(H,20,21,23). The fourth-order valence-electron chi connectivity index (χ4n) is 3.20. The lowest BCUT2D eigenvalue weighted by molar-refractivity contribution is 0.242. The molecule has 1 aromatic carbocycles. The van der Waals surface area contributed by atoms with Crippen molar-refractivity contribution in [2.24, 2.45) is 0 Å². The van der Waals surface area contributed by atoms with Gasteiger partial charge in [0.05, 0.1) is 0 Å². The Balaban J connectivity index is 1.61. The van der Waals surface area contributed by atoms with E-state index in [2.05, 4.69) is 62.9 Å². The zero-order chi connectivity index (χ0) is 16.5. The molecule has 1 N–H and O–H groups in total. The number of aromatic nitrogens is 2. The van der Waals surface area contributed by atoms with Crippen molar-refractivity contribution >= 4 is 23.6 Å². The van der Waals surface area contributed by atoms with E-state index in [1.54, 1.807) is 11.3 Å². The molecule has 0 aliphatic carbocycles. The number of aryl methyl sites for hydroxylation is 1. The van der Waals surface area contributed by atoms with E-state index in [1.807, 2.05) is 0 Å². The summed E-state index contributed by atoms with van der Waals surface area (Å²) >= 11 is 7.31. The lowest BCUT2D eigenvalue weighted by atomic mass is 10.1. The van der Waals surface area contributed by atoms with Crippen LogP contribution >= 0.6 is 23.6 Å². The van der Waals surface area contributed by atoms with Crippen molar-refractivity contribution in [2.75, 3.05) is 6.54 Å². The van der Waals surface area contributed by atoms with E-state index in [0.29, 0.717) is 0 Å². The van der Waals surface area contributed by atoms with Gasteiger partial charge in [-0.15, -0.1) is 0 Å². The molecular weight excluding hydrogens is 334 g/mol. The quantitative estimate of drug-likeness (QED) is 0.691. The van der Waals surface area contributed by atoms with Gasteiger partial charge in [0.2, 0.25) is 0 Å². The molecular formula is C19H19N3S2. The summed E-state index contributed by atoms with van der Waals surface area (Å²) in [7, 11) is 0. The summed E-state index contributed by atoms with van der Waals surface area (Å²) in [5.74, 6) is 0.911. The Morgan fingerprint density at radius 3 is 2.83 bits per heavy atom. The van der Waals surface area contributed by atoms with Crippen LogP contribution in [0.1, 0.15) is 22.4 Å². The van der Waals surface area contributed by atoms with Crippen LogP contribution in [0.15, 0.2) is 41.1 Å². The summed E-state index contributed by atoms with van der Waals surface area (Å²) in [6.45, 7) is 4.99. The van der Waals surface area contributed by atoms with E-state index in [0.717, 1.165) is 36.5 Å². The molecule has 0 saturated carbocycles. The number of H-pyrrole nitrogens is 1. The number of rotatable bonds is 3. The van der Waals surface area contributed by atoms with Gasteiger partial charge in [0.25, 0.3) is 0 Å². The first kappa shape index (κ1) is 15.7. The van der Waals surface area contributed by atoms with E-state index >= 15 is 0 Å². The lowest BCUT2D eigenvalue weighted by Crippen LogP contribution is -2.31. The third kappa shape index (κ3) is 3.07. The first-order chi connectivity index (χ1) is 11.7. The van der Waals surface area contributed by atoms with Crippen molar-refractivity contribution in [1.29, 1.82) is 0 Å². The topological polar surface area (TPSA) is 31.9 Å². The Morgan fingerprint density at radius 2 is 2.08 bits per heavy atom. The molecule has 0 fully saturated rings. The summed E-state index contributed by atoms with van der Waals surface area (Å²) in [4.78, 5) is 10.6. The molecule has 4 rings (SSSR count).